The van der Waals surface area contributed by atoms with Gasteiger partial charge in [0.15, 0.2) is 0 Å². The molecule has 0 amide bonds. The summed E-state index contributed by atoms with van der Waals surface area (Å²) in [7, 11) is 0. The number of rotatable bonds is 6. The molecule has 33 heavy (non-hydrogen) atoms. The average Bonchev–Trinajstić information content (AvgIpc) is 3.24. The largest absolute Gasteiger partial charge is 0.621 e. The number of fused-ring (bicyclic) bond motifs is 1. The Balaban J connectivity index is 1.73. The van der Waals surface area contributed by atoms with Gasteiger partial charge in [-0.05, 0) is 65.7 Å². The summed E-state index contributed by atoms with van der Waals surface area (Å²) < 4.78 is 12.8. The molecule has 1 unspecified atom stereocenters. The van der Waals surface area contributed by atoms with Crippen molar-refractivity contribution in [3.63, 3.8) is 0 Å². The molecule has 3 N–H and O–H groups in total. The van der Waals surface area contributed by atoms with Crippen molar-refractivity contribution in [3.8, 4) is 22.4 Å². The van der Waals surface area contributed by atoms with E-state index < -0.39 is 4.65 Å². The van der Waals surface area contributed by atoms with Crippen LogP contribution in [0.15, 0.2) is 91.3 Å². The van der Waals surface area contributed by atoms with Crippen LogP contribution in [0.2, 0.25) is 0 Å². The van der Waals surface area contributed by atoms with Crippen LogP contribution in [0.4, 0.5) is 15.9 Å². The van der Waals surface area contributed by atoms with Crippen LogP contribution < -0.4 is 10.4 Å². The number of pyridine rings is 2. The Labute approximate surface area is 190 Å². The van der Waals surface area contributed by atoms with Crippen LogP contribution in [0.25, 0.3) is 33.4 Å². The first-order valence-electron chi connectivity index (χ1n) is 10.6. The molecule has 1 atom stereocenters. The molecule has 6 nitrogen and oxygen atoms in total. The Kier molecular flexibility index (Phi) is 5.43. The summed E-state index contributed by atoms with van der Waals surface area (Å²) in [6, 6.07) is 22.9. The van der Waals surface area contributed by atoms with Crippen molar-refractivity contribution in [2.75, 3.05) is 13.1 Å². The molecule has 164 valence electrons. The van der Waals surface area contributed by atoms with Gasteiger partial charge in [0, 0.05) is 36.0 Å². The van der Waals surface area contributed by atoms with Gasteiger partial charge in [0.25, 0.3) is 0 Å². The van der Waals surface area contributed by atoms with Gasteiger partial charge in [-0.1, -0.05) is 18.2 Å². The van der Waals surface area contributed by atoms with Gasteiger partial charge in [0.2, 0.25) is 5.82 Å². The first kappa shape index (κ1) is 21.0. The quantitative estimate of drug-likeness (QED) is 0.269. The Morgan fingerprint density at radius 1 is 0.879 bits per heavy atom. The van der Waals surface area contributed by atoms with Gasteiger partial charge < -0.3 is 15.9 Å². The number of para-hydroxylation sites is 1. The minimum atomic E-state index is -0.761. The molecule has 2 aromatic carbocycles. The summed E-state index contributed by atoms with van der Waals surface area (Å²) >= 11 is 0. The monoisotopic (exact) mass is 439 g/mol. The lowest BCUT2D eigenvalue weighted by Gasteiger charge is -2.39. The fourth-order valence-electron chi connectivity index (χ4n) is 4.14. The highest BCUT2D eigenvalue weighted by molar-refractivity contribution is 6.02. The van der Waals surface area contributed by atoms with Gasteiger partial charge in [-0.25, -0.2) is 4.39 Å². The molecular formula is C26H22FN5O. The minimum Gasteiger partial charge on any atom is -0.621 e. The van der Waals surface area contributed by atoms with Crippen molar-refractivity contribution in [1.29, 1.82) is 0 Å². The van der Waals surface area contributed by atoms with E-state index in [2.05, 4.69) is 9.97 Å². The molecule has 3 aromatic heterocycles. The zero-order chi connectivity index (χ0) is 22.8. The third-order valence-electron chi connectivity index (χ3n) is 5.73. The van der Waals surface area contributed by atoms with Crippen LogP contribution >= 0.6 is 0 Å². The van der Waals surface area contributed by atoms with E-state index in [9.17, 15) is 9.60 Å². The summed E-state index contributed by atoms with van der Waals surface area (Å²) in [4.78, 5) is 12.2. The number of H-pyrrole nitrogens is 1. The van der Waals surface area contributed by atoms with E-state index in [4.69, 9.17) is 10.7 Å². The second kappa shape index (κ2) is 8.55. The fraction of sp³-hybridized carbons (Fsp3) is 0.0769. The Morgan fingerprint density at radius 3 is 2.30 bits per heavy atom. The molecule has 0 aliphatic carbocycles. The smallest absolute Gasteiger partial charge is 0.234 e. The molecule has 0 bridgehead atoms. The molecular weight excluding hydrogens is 417 g/mol. The van der Waals surface area contributed by atoms with E-state index in [0.29, 0.717) is 17.2 Å². The number of nitrogens with one attached hydrogen (secondary N) is 1. The maximum Gasteiger partial charge on any atom is 0.234 e. The molecule has 0 fully saturated rings. The van der Waals surface area contributed by atoms with Crippen LogP contribution in [0, 0.1) is 11.0 Å². The maximum absolute atomic E-state index is 13.9. The van der Waals surface area contributed by atoms with Gasteiger partial charge in [0.1, 0.15) is 23.7 Å². The summed E-state index contributed by atoms with van der Waals surface area (Å²) in [5.41, 5.74) is 10.4. The summed E-state index contributed by atoms with van der Waals surface area (Å²) in [6.45, 7) is 0.372. The summed E-state index contributed by atoms with van der Waals surface area (Å²) in [5, 5.41) is 14.8. The number of hydrogen-bond donors (Lipinski definition) is 2. The number of quaternary nitrogens is 1. The lowest BCUT2D eigenvalue weighted by molar-refractivity contribution is 0.504. The van der Waals surface area contributed by atoms with E-state index in [1.807, 2.05) is 36.4 Å². The molecule has 0 spiro atoms. The molecule has 5 aromatic rings. The first-order valence-corrected chi connectivity index (χ1v) is 10.6. The second-order valence-corrected chi connectivity index (χ2v) is 7.77. The normalized spacial score (nSPS) is 13.2. The summed E-state index contributed by atoms with van der Waals surface area (Å²) in [5.74, 6) is 0.0335. The van der Waals surface area contributed by atoms with Crippen LogP contribution in [0.1, 0.15) is 0 Å². The van der Waals surface area contributed by atoms with Crippen molar-refractivity contribution in [2.45, 2.75) is 0 Å². The number of benzene rings is 2. The highest BCUT2D eigenvalue weighted by atomic mass is 19.1. The number of aromatic nitrogens is 3. The van der Waals surface area contributed by atoms with E-state index >= 15 is 0 Å². The summed E-state index contributed by atoms with van der Waals surface area (Å²) in [6.07, 6.45) is 3.45. The van der Waals surface area contributed by atoms with E-state index in [-0.39, 0.29) is 18.9 Å². The second-order valence-electron chi connectivity index (χ2n) is 7.77. The lowest BCUT2D eigenvalue weighted by atomic mass is 10.00. The van der Waals surface area contributed by atoms with Gasteiger partial charge in [-0.3, -0.25) is 9.63 Å². The van der Waals surface area contributed by atoms with Gasteiger partial charge in [-0.2, -0.15) is 4.98 Å². The van der Waals surface area contributed by atoms with E-state index in [1.165, 1.54) is 12.1 Å². The molecule has 0 aliphatic rings. The van der Waals surface area contributed by atoms with E-state index in [0.717, 1.165) is 27.8 Å². The van der Waals surface area contributed by atoms with Crippen molar-refractivity contribution in [2.24, 2.45) is 5.73 Å². The zero-order valence-corrected chi connectivity index (χ0v) is 17.8. The maximum atomic E-state index is 13.9. The lowest BCUT2D eigenvalue weighted by Crippen LogP contribution is -2.42. The third kappa shape index (κ3) is 3.78. The highest BCUT2D eigenvalue weighted by Gasteiger charge is 2.26. The van der Waals surface area contributed by atoms with Crippen LogP contribution in [-0.4, -0.2) is 28.0 Å². The number of hydroxylamine groups is 1. The highest BCUT2D eigenvalue weighted by Crippen LogP contribution is 2.40. The average molecular weight is 439 g/mol. The van der Waals surface area contributed by atoms with Crippen molar-refractivity contribution < 1.29 is 4.39 Å². The topological polar surface area (TPSA) is 90.6 Å². The number of aromatic amines is 1. The zero-order valence-electron chi connectivity index (χ0n) is 17.8. The first-order chi connectivity index (χ1) is 16.1. The fourth-order valence-corrected chi connectivity index (χ4v) is 4.14. The third-order valence-corrected chi connectivity index (χ3v) is 5.73. The van der Waals surface area contributed by atoms with E-state index in [1.54, 1.807) is 42.7 Å². The van der Waals surface area contributed by atoms with Gasteiger partial charge in [0.05, 0.1) is 5.69 Å². The Bertz CT molecular complexity index is 1390. The molecule has 0 saturated heterocycles. The van der Waals surface area contributed by atoms with Crippen molar-refractivity contribution >= 4 is 22.5 Å². The standard InChI is InChI=1S/C26H22FN5O/c27-20-8-6-19(7-9-20)25-24(18-12-15-29-16-13-18)22-10-11-23(30-26(22)31-25)32(33,17-14-28)21-4-2-1-3-5-21/h1-13,15-16H,14,17,28H2,(H,30,31). The number of hydrogen-bond acceptors (Lipinski definition) is 4. The van der Waals surface area contributed by atoms with Crippen molar-refractivity contribution in [3.05, 3.63) is 102 Å². The predicted molar refractivity (Wildman–Crippen MR) is 130 cm³/mol. The molecule has 0 aliphatic heterocycles. The van der Waals surface area contributed by atoms with Crippen LogP contribution in [0.3, 0.4) is 0 Å². The molecule has 0 saturated carbocycles. The van der Waals surface area contributed by atoms with Crippen LogP contribution in [-0.2, 0) is 0 Å². The molecule has 3 heterocycles. The predicted octanol–water partition coefficient (Wildman–Crippen LogP) is 5.53. The van der Waals surface area contributed by atoms with Crippen LogP contribution in [0.5, 0.6) is 0 Å². The molecule has 7 heteroatoms. The SMILES string of the molecule is NCC[N+]([O-])(c1ccccc1)c1ccc2c(-c3ccncc3)c(-c3ccc(F)cc3)[nH]c2n1. The van der Waals surface area contributed by atoms with Gasteiger partial charge >= 0.3 is 0 Å². The molecule has 0 radical (unpaired) electrons. The van der Waals surface area contributed by atoms with Crippen molar-refractivity contribution in [1.82, 2.24) is 19.6 Å². The molecule has 5 rings (SSSR count). The number of nitrogens with two attached hydrogens (primary N) is 1. The Hall–Kier alpha value is -3.91. The number of nitrogens with zero attached hydrogens (tertiary/aromatic N) is 3. The minimum absolute atomic E-state index is 0.158. The number of halogens is 1. The Morgan fingerprint density at radius 2 is 1.61 bits per heavy atom. The van der Waals surface area contributed by atoms with Gasteiger partial charge in [-0.15, -0.1) is 0 Å².